The van der Waals surface area contributed by atoms with Crippen LogP contribution in [0.15, 0.2) is 42.0 Å². The second kappa shape index (κ2) is 10.9. The van der Waals surface area contributed by atoms with Crippen molar-refractivity contribution in [3.8, 4) is 6.07 Å². The molecule has 2 aromatic carbocycles. The van der Waals surface area contributed by atoms with Crippen LogP contribution >= 0.6 is 0 Å². The van der Waals surface area contributed by atoms with Crippen molar-refractivity contribution < 1.29 is 30.0 Å². The zero-order chi connectivity index (χ0) is 26.0. The Kier molecular flexibility index (Phi) is 7.90. The normalized spacial score (nSPS) is 27.9. The molecule has 0 aromatic heterocycles. The monoisotopic (exact) mass is 496 g/mol. The topological polar surface area (TPSA) is 150 Å². The average Bonchev–Trinajstić information content (AvgIpc) is 2.88. The average molecular weight is 497 g/mol. The van der Waals surface area contributed by atoms with E-state index in [9.17, 15) is 30.5 Å². The third-order valence-corrected chi connectivity index (χ3v) is 7.04. The van der Waals surface area contributed by atoms with Gasteiger partial charge in [0.25, 0.3) is 5.91 Å². The van der Waals surface area contributed by atoms with Crippen LogP contribution in [0.5, 0.6) is 0 Å². The van der Waals surface area contributed by atoms with Gasteiger partial charge in [0.15, 0.2) is 6.29 Å². The first kappa shape index (κ1) is 26.0. The number of allylic oxidation sites excluding steroid dienone is 1. The molecule has 10 nitrogen and oxygen atoms in total. The number of fused-ring (bicyclic) bond motifs is 1. The fourth-order valence-corrected chi connectivity index (χ4v) is 4.65. The third kappa shape index (κ3) is 5.22. The van der Waals surface area contributed by atoms with Gasteiger partial charge in [-0.15, -0.1) is 0 Å². The largest absolute Gasteiger partial charge is 0.394 e. The van der Waals surface area contributed by atoms with Gasteiger partial charge >= 0.3 is 0 Å². The maximum atomic E-state index is 12.9. The molecule has 4 rings (SSSR count). The van der Waals surface area contributed by atoms with Crippen LogP contribution in [0.1, 0.15) is 12.5 Å². The number of amides is 1. The standard InChI is InChI=1S/C26H32N4O6/c1-15(20(13-27)25(34)28-22-24(33)23(32)21(14-31)36-26(22)35)16-3-4-18-12-19(6-5-17(18)11-16)30-9-7-29(2)8-10-30/h3-6,11-12,21-24,26,31-33,35H,7-10,14H2,1-2H3,(H,28,34)/b20-15+/t21-,22-,23-,24-,26?/m1/s1. The highest BCUT2D eigenvalue weighted by Gasteiger charge is 2.44. The molecule has 0 saturated carbocycles. The van der Waals surface area contributed by atoms with Crippen molar-refractivity contribution in [2.24, 2.45) is 0 Å². The molecule has 0 bridgehead atoms. The molecule has 1 unspecified atom stereocenters. The molecule has 2 saturated heterocycles. The number of hydrogen-bond acceptors (Lipinski definition) is 9. The molecule has 36 heavy (non-hydrogen) atoms. The molecule has 10 heteroatoms. The molecular weight excluding hydrogens is 464 g/mol. The summed E-state index contributed by atoms with van der Waals surface area (Å²) in [5, 5.41) is 53.8. The van der Waals surface area contributed by atoms with Gasteiger partial charge in [-0.05, 0) is 54.1 Å². The second-order valence-electron chi connectivity index (χ2n) is 9.38. The summed E-state index contributed by atoms with van der Waals surface area (Å²) in [6.07, 6.45) is -5.97. The van der Waals surface area contributed by atoms with Gasteiger partial charge in [0.05, 0.1) is 6.61 Å². The molecule has 2 aromatic rings. The molecule has 2 fully saturated rings. The van der Waals surface area contributed by atoms with Crippen molar-refractivity contribution in [2.75, 3.05) is 44.7 Å². The summed E-state index contributed by atoms with van der Waals surface area (Å²) >= 11 is 0. The van der Waals surface area contributed by atoms with E-state index in [-0.39, 0.29) is 5.57 Å². The molecule has 192 valence electrons. The number of piperazine rings is 1. The lowest BCUT2D eigenvalue weighted by Gasteiger charge is -2.40. The Morgan fingerprint density at radius 3 is 2.42 bits per heavy atom. The molecule has 2 aliphatic rings. The number of rotatable bonds is 5. The first-order chi connectivity index (χ1) is 17.2. The van der Waals surface area contributed by atoms with Crippen molar-refractivity contribution in [1.82, 2.24) is 10.2 Å². The van der Waals surface area contributed by atoms with Crippen molar-refractivity contribution in [1.29, 1.82) is 5.26 Å². The van der Waals surface area contributed by atoms with Gasteiger partial charge in [-0.2, -0.15) is 5.26 Å². The predicted octanol–water partition coefficient (Wildman–Crippen LogP) is -0.195. The highest BCUT2D eigenvalue weighted by atomic mass is 16.6. The summed E-state index contributed by atoms with van der Waals surface area (Å²) in [6.45, 7) is 5.01. The van der Waals surface area contributed by atoms with Gasteiger partial charge in [0.1, 0.15) is 36.0 Å². The first-order valence-electron chi connectivity index (χ1n) is 11.9. The van der Waals surface area contributed by atoms with Crippen LogP contribution in [0.25, 0.3) is 16.3 Å². The zero-order valence-electron chi connectivity index (χ0n) is 20.3. The number of anilines is 1. The summed E-state index contributed by atoms with van der Waals surface area (Å²) in [5.74, 6) is -0.818. The van der Waals surface area contributed by atoms with Crippen LogP contribution in [0.4, 0.5) is 5.69 Å². The zero-order valence-corrected chi connectivity index (χ0v) is 20.3. The maximum absolute atomic E-state index is 12.9. The van der Waals surface area contributed by atoms with Crippen molar-refractivity contribution in [3.05, 3.63) is 47.5 Å². The van der Waals surface area contributed by atoms with Crippen molar-refractivity contribution >= 4 is 27.9 Å². The van der Waals surface area contributed by atoms with Gasteiger partial charge in [0, 0.05) is 31.9 Å². The van der Waals surface area contributed by atoms with E-state index in [1.807, 2.05) is 30.3 Å². The van der Waals surface area contributed by atoms with Crippen LogP contribution in [-0.2, 0) is 9.53 Å². The van der Waals surface area contributed by atoms with Crippen molar-refractivity contribution in [3.63, 3.8) is 0 Å². The van der Waals surface area contributed by atoms with Gasteiger partial charge in [-0.1, -0.05) is 18.2 Å². The third-order valence-electron chi connectivity index (χ3n) is 7.04. The van der Waals surface area contributed by atoms with E-state index in [4.69, 9.17) is 4.74 Å². The molecule has 2 heterocycles. The van der Waals surface area contributed by atoms with E-state index < -0.39 is 43.2 Å². The fourth-order valence-electron chi connectivity index (χ4n) is 4.65. The Bertz CT molecular complexity index is 1190. The number of benzene rings is 2. The summed E-state index contributed by atoms with van der Waals surface area (Å²) in [5.41, 5.74) is 2.07. The van der Waals surface area contributed by atoms with Crippen LogP contribution in [0.3, 0.4) is 0 Å². The molecule has 1 amide bonds. The quantitative estimate of drug-likeness (QED) is 0.280. The van der Waals surface area contributed by atoms with E-state index in [1.165, 1.54) is 0 Å². The number of nitrogens with zero attached hydrogens (tertiary/aromatic N) is 3. The molecule has 2 aliphatic heterocycles. The Hall–Kier alpha value is -3.04. The lowest BCUT2D eigenvalue weighted by molar-refractivity contribution is -0.253. The minimum absolute atomic E-state index is 0.193. The number of nitrogens with one attached hydrogen (secondary N) is 1. The summed E-state index contributed by atoms with van der Waals surface area (Å²) in [4.78, 5) is 17.6. The van der Waals surface area contributed by atoms with Gasteiger partial charge in [0.2, 0.25) is 0 Å². The number of nitriles is 1. The molecule has 5 N–H and O–H groups in total. The van der Waals surface area contributed by atoms with E-state index in [0.29, 0.717) is 11.1 Å². The number of carbonyl (C=O) groups excluding carboxylic acids is 1. The van der Waals surface area contributed by atoms with Crippen LogP contribution < -0.4 is 10.2 Å². The minimum atomic E-state index is -1.67. The highest BCUT2D eigenvalue weighted by Crippen LogP contribution is 2.28. The fraction of sp³-hybridized carbons (Fsp3) is 0.462. The summed E-state index contributed by atoms with van der Waals surface area (Å²) in [7, 11) is 2.12. The minimum Gasteiger partial charge on any atom is -0.394 e. The van der Waals surface area contributed by atoms with Crippen LogP contribution in [0.2, 0.25) is 0 Å². The number of likely N-dealkylation sites (N-methyl/N-ethyl adjacent to an activating group) is 1. The van der Waals surface area contributed by atoms with E-state index >= 15 is 0 Å². The number of carbonyl (C=O) groups is 1. The predicted molar refractivity (Wildman–Crippen MR) is 134 cm³/mol. The van der Waals surface area contributed by atoms with Crippen LogP contribution in [-0.4, -0.2) is 102 Å². The van der Waals surface area contributed by atoms with Gasteiger partial charge < -0.3 is 40.3 Å². The lowest BCUT2D eigenvalue weighted by Crippen LogP contribution is -2.64. The smallest absolute Gasteiger partial charge is 0.262 e. The van der Waals surface area contributed by atoms with E-state index in [1.54, 1.807) is 6.92 Å². The highest BCUT2D eigenvalue weighted by molar-refractivity contribution is 6.05. The molecule has 0 aliphatic carbocycles. The molecule has 0 spiro atoms. The molecular formula is C26H32N4O6. The Morgan fingerprint density at radius 2 is 1.75 bits per heavy atom. The maximum Gasteiger partial charge on any atom is 0.262 e. The number of aliphatic hydroxyl groups is 4. The van der Waals surface area contributed by atoms with E-state index in [2.05, 4.69) is 34.3 Å². The summed E-state index contributed by atoms with van der Waals surface area (Å²) < 4.78 is 5.07. The van der Waals surface area contributed by atoms with Crippen molar-refractivity contribution in [2.45, 2.75) is 37.6 Å². The summed E-state index contributed by atoms with van der Waals surface area (Å²) in [6, 6.07) is 12.5. The lowest BCUT2D eigenvalue weighted by atomic mass is 9.95. The van der Waals surface area contributed by atoms with E-state index in [0.717, 1.165) is 42.6 Å². The van der Waals surface area contributed by atoms with Crippen LogP contribution in [0, 0.1) is 11.3 Å². The Balaban J connectivity index is 1.54. The van der Waals surface area contributed by atoms with Gasteiger partial charge in [-0.3, -0.25) is 4.79 Å². The Morgan fingerprint density at radius 1 is 1.08 bits per heavy atom. The second-order valence-corrected chi connectivity index (χ2v) is 9.38. The number of ether oxygens (including phenoxy) is 1. The number of hydrogen-bond donors (Lipinski definition) is 5. The Labute approximate surface area is 209 Å². The SMILES string of the molecule is C/C(=C(/C#N)C(=O)N[C@H]1C(O)O[C@H](CO)[C@@H](O)[C@@H]1O)c1ccc2cc(N3CCN(C)CC3)ccc2c1. The van der Waals surface area contributed by atoms with Gasteiger partial charge in [-0.25, -0.2) is 0 Å². The number of aliphatic hydroxyl groups excluding tert-OH is 4. The first-order valence-corrected chi connectivity index (χ1v) is 11.9. The molecule has 0 radical (unpaired) electrons. The molecule has 5 atom stereocenters.